The van der Waals surface area contributed by atoms with Crippen molar-refractivity contribution in [3.05, 3.63) is 36.2 Å². The maximum Gasteiger partial charge on any atom is 0.270 e. The van der Waals surface area contributed by atoms with Crippen molar-refractivity contribution in [3.8, 4) is 0 Å². The molecule has 0 fully saturated rings. The van der Waals surface area contributed by atoms with E-state index in [1.54, 1.807) is 23.2 Å². The monoisotopic (exact) mass is 260 g/mol. The molecule has 7 heteroatoms. The molecule has 0 bridgehead atoms. The van der Waals surface area contributed by atoms with E-state index in [0.717, 1.165) is 12.2 Å². The standard InChI is InChI=1S/C12H16N6O/c1-3-13-9-4-5-14-10(6-9)12(19)15-7-11-17-16-8-18(11)2/h4-6,8H,3,7H2,1-2H3,(H,13,14)(H,15,19). The van der Waals surface area contributed by atoms with Crippen LogP contribution in [0.3, 0.4) is 0 Å². The zero-order valence-corrected chi connectivity index (χ0v) is 10.9. The van der Waals surface area contributed by atoms with Gasteiger partial charge in [-0.15, -0.1) is 10.2 Å². The predicted molar refractivity (Wildman–Crippen MR) is 70.6 cm³/mol. The summed E-state index contributed by atoms with van der Waals surface area (Å²) in [5, 5.41) is 13.5. The van der Waals surface area contributed by atoms with Gasteiger partial charge in [0.25, 0.3) is 5.91 Å². The van der Waals surface area contributed by atoms with Crippen LogP contribution >= 0.6 is 0 Å². The molecule has 19 heavy (non-hydrogen) atoms. The first kappa shape index (κ1) is 13.0. The number of carbonyl (C=O) groups is 1. The molecule has 0 saturated carbocycles. The molecule has 0 spiro atoms. The van der Waals surface area contributed by atoms with Crippen LogP contribution in [0.1, 0.15) is 23.2 Å². The lowest BCUT2D eigenvalue weighted by Gasteiger charge is -2.06. The number of anilines is 1. The largest absolute Gasteiger partial charge is 0.385 e. The van der Waals surface area contributed by atoms with E-state index in [0.29, 0.717) is 18.1 Å². The fourth-order valence-corrected chi connectivity index (χ4v) is 1.59. The number of nitrogens with zero attached hydrogens (tertiary/aromatic N) is 4. The maximum absolute atomic E-state index is 11.9. The number of nitrogens with one attached hydrogen (secondary N) is 2. The molecule has 2 aromatic rings. The third-order valence-electron chi connectivity index (χ3n) is 2.59. The molecule has 0 saturated heterocycles. The number of rotatable bonds is 5. The summed E-state index contributed by atoms with van der Waals surface area (Å²) < 4.78 is 1.75. The van der Waals surface area contributed by atoms with E-state index in [-0.39, 0.29) is 5.91 Å². The molecule has 100 valence electrons. The minimum Gasteiger partial charge on any atom is -0.385 e. The van der Waals surface area contributed by atoms with E-state index in [9.17, 15) is 4.79 Å². The second kappa shape index (κ2) is 5.94. The molecule has 2 N–H and O–H groups in total. The van der Waals surface area contributed by atoms with Crippen molar-refractivity contribution in [2.24, 2.45) is 7.05 Å². The van der Waals surface area contributed by atoms with Crippen molar-refractivity contribution in [1.82, 2.24) is 25.1 Å². The molecular weight excluding hydrogens is 244 g/mol. The number of aryl methyl sites for hydroxylation is 1. The number of hydrogen-bond acceptors (Lipinski definition) is 5. The third kappa shape index (κ3) is 3.27. The lowest BCUT2D eigenvalue weighted by atomic mass is 10.3. The minimum atomic E-state index is -0.234. The lowest BCUT2D eigenvalue weighted by Crippen LogP contribution is -2.25. The van der Waals surface area contributed by atoms with Crippen LogP contribution < -0.4 is 10.6 Å². The van der Waals surface area contributed by atoms with E-state index in [4.69, 9.17) is 0 Å². The molecule has 0 unspecified atom stereocenters. The topological polar surface area (TPSA) is 84.7 Å². The summed E-state index contributed by atoms with van der Waals surface area (Å²) in [6.07, 6.45) is 3.20. The Balaban J connectivity index is 2.00. The quantitative estimate of drug-likeness (QED) is 0.821. The van der Waals surface area contributed by atoms with E-state index < -0.39 is 0 Å². The molecule has 2 heterocycles. The van der Waals surface area contributed by atoms with Gasteiger partial charge >= 0.3 is 0 Å². The van der Waals surface area contributed by atoms with Crippen molar-refractivity contribution < 1.29 is 4.79 Å². The van der Waals surface area contributed by atoms with E-state index >= 15 is 0 Å². The van der Waals surface area contributed by atoms with Crippen LogP contribution in [0.4, 0.5) is 5.69 Å². The van der Waals surface area contributed by atoms with Gasteiger partial charge in [-0.1, -0.05) is 0 Å². The average molecular weight is 260 g/mol. The van der Waals surface area contributed by atoms with E-state index in [1.165, 1.54) is 0 Å². The molecular formula is C12H16N6O. The molecule has 0 aliphatic heterocycles. The summed E-state index contributed by atoms with van der Waals surface area (Å²) in [5.41, 5.74) is 1.25. The summed E-state index contributed by atoms with van der Waals surface area (Å²) in [4.78, 5) is 16.0. The molecule has 0 aliphatic carbocycles. The van der Waals surface area contributed by atoms with Gasteiger partial charge in [-0.3, -0.25) is 9.78 Å². The Bertz CT molecular complexity index is 565. The molecule has 2 aromatic heterocycles. The van der Waals surface area contributed by atoms with E-state index in [2.05, 4.69) is 25.8 Å². The summed E-state index contributed by atoms with van der Waals surface area (Å²) in [6, 6.07) is 3.54. The highest BCUT2D eigenvalue weighted by Crippen LogP contribution is 2.07. The van der Waals surface area contributed by atoms with Crippen molar-refractivity contribution in [2.45, 2.75) is 13.5 Å². The summed E-state index contributed by atoms with van der Waals surface area (Å²) in [7, 11) is 1.82. The molecule has 1 amide bonds. The molecule has 2 rings (SSSR count). The molecule has 0 aromatic carbocycles. The fraction of sp³-hybridized carbons (Fsp3) is 0.333. The van der Waals surface area contributed by atoms with Crippen LogP contribution in [-0.2, 0) is 13.6 Å². The highest BCUT2D eigenvalue weighted by Gasteiger charge is 2.09. The summed E-state index contributed by atoms with van der Waals surface area (Å²) in [5.74, 6) is 0.457. The molecule has 7 nitrogen and oxygen atoms in total. The Morgan fingerprint density at radius 2 is 2.32 bits per heavy atom. The molecule has 0 radical (unpaired) electrons. The van der Waals surface area contributed by atoms with Crippen molar-refractivity contribution in [3.63, 3.8) is 0 Å². The second-order valence-corrected chi connectivity index (χ2v) is 4.00. The van der Waals surface area contributed by atoms with Crippen molar-refractivity contribution in [2.75, 3.05) is 11.9 Å². The Morgan fingerprint density at radius 1 is 1.47 bits per heavy atom. The maximum atomic E-state index is 11.9. The highest BCUT2D eigenvalue weighted by atomic mass is 16.1. The smallest absolute Gasteiger partial charge is 0.270 e. The first-order chi connectivity index (χ1) is 9.20. The second-order valence-electron chi connectivity index (χ2n) is 4.00. The van der Waals surface area contributed by atoms with Gasteiger partial charge in [-0.05, 0) is 19.1 Å². The van der Waals surface area contributed by atoms with Gasteiger partial charge in [-0.2, -0.15) is 0 Å². The Hall–Kier alpha value is -2.44. The van der Waals surface area contributed by atoms with Gasteiger partial charge in [0, 0.05) is 25.5 Å². The van der Waals surface area contributed by atoms with Gasteiger partial charge in [0.1, 0.15) is 12.0 Å². The number of hydrogen-bond donors (Lipinski definition) is 2. The molecule has 0 atom stereocenters. The van der Waals surface area contributed by atoms with E-state index in [1.807, 2.05) is 20.0 Å². The van der Waals surface area contributed by atoms with Gasteiger partial charge in [0.15, 0.2) is 5.82 Å². The number of pyridine rings is 1. The Labute approximate surface area is 111 Å². The first-order valence-corrected chi connectivity index (χ1v) is 6.01. The fourth-order valence-electron chi connectivity index (χ4n) is 1.59. The minimum absolute atomic E-state index is 0.234. The van der Waals surface area contributed by atoms with Crippen LogP contribution in [0, 0.1) is 0 Å². The normalized spacial score (nSPS) is 10.2. The van der Waals surface area contributed by atoms with Crippen LogP contribution in [0.25, 0.3) is 0 Å². The Kier molecular flexibility index (Phi) is 4.07. The first-order valence-electron chi connectivity index (χ1n) is 6.01. The third-order valence-corrected chi connectivity index (χ3v) is 2.59. The number of amides is 1. The zero-order chi connectivity index (χ0) is 13.7. The highest BCUT2D eigenvalue weighted by molar-refractivity contribution is 5.92. The lowest BCUT2D eigenvalue weighted by molar-refractivity contribution is 0.0944. The predicted octanol–water partition coefficient (Wildman–Crippen LogP) is 0.572. The zero-order valence-electron chi connectivity index (χ0n) is 10.9. The van der Waals surface area contributed by atoms with Gasteiger partial charge in [0.05, 0.1) is 6.54 Å². The van der Waals surface area contributed by atoms with Crippen LogP contribution in [0.15, 0.2) is 24.7 Å². The average Bonchev–Trinajstić information content (AvgIpc) is 2.82. The van der Waals surface area contributed by atoms with Crippen molar-refractivity contribution >= 4 is 11.6 Å². The number of carbonyl (C=O) groups excluding carboxylic acids is 1. The van der Waals surface area contributed by atoms with Crippen LogP contribution in [0.2, 0.25) is 0 Å². The van der Waals surface area contributed by atoms with Crippen LogP contribution in [0.5, 0.6) is 0 Å². The van der Waals surface area contributed by atoms with Crippen molar-refractivity contribution in [1.29, 1.82) is 0 Å². The van der Waals surface area contributed by atoms with Gasteiger partial charge in [-0.25, -0.2) is 0 Å². The van der Waals surface area contributed by atoms with Gasteiger partial charge in [0.2, 0.25) is 0 Å². The summed E-state index contributed by atoms with van der Waals surface area (Å²) >= 11 is 0. The Morgan fingerprint density at radius 3 is 3.00 bits per heavy atom. The number of aromatic nitrogens is 4. The van der Waals surface area contributed by atoms with Gasteiger partial charge < -0.3 is 15.2 Å². The molecule has 0 aliphatic rings. The SMILES string of the molecule is CCNc1ccnc(C(=O)NCc2nncn2C)c1. The summed E-state index contributed by atoms with van der Waals surface area (Å²) in [6.45, 7) is 3.11. The van der Waals surface area contributed by atoms with Crippen LogP contribution in [-0.4, -0.2) is 32.2 Å².